The van der Waals surface area contributed by atoms with Crippen molar-refractivity contribution < 1.29 is 0 Å². The van der Waals surface area contributed by atoms with Crippen LogP contribution in [0.3, 0.4) is 0 Å². The van der Waals surface area contributed by atoms with Crippen LogP contribution in [-0.2, 0) is 10.8 Å². The van der Waals surface area contributed by atoms with Crippen molar-refractivity contribution in [3.8, 4) is 5.69 Å². The molecule has 2 aromatic carbocycles. The average molecular weight is 307 g/mol. The fourth-order valence-corrected chi connectivity index (χ4v) is 3.18. The molecule has 3 aromatic rings. The maximum absolute atomic E-state index is 4.43. The van der Waals surface area contributed by atoms with Crippen molar-refractivity contribution in [2.45, 2.75) is 52.4 Å². The van der Waals surface area contributed by atoms with Gasteiger partial charge in [0.25, 0.3) is 0 Å². The van der Waals surface area contributed by atoms with E-state index >= 15 is 0 Å². The van der Waals surface area contributed by atoms with E-state index < -0.39 is 0 Å². The third-order valence-corrected chi connectivity index (χ3v) is 4.18. The van der Waals surface area contributed by atoms with Gasteiger partial charge in [-0.25, -0.2) is 4.68 Å². The largest absolute Gasteiger partial charge is 0.213 e. The summed E-state index contributed by atoms with van der Waals surface area (Å²) in [5, 5.41) is 8.75. The summed E-state index contributed by atoms with van der Waals surface area (Å²) in [6.45, 7) is 13.6. The molecule has 0 aliphatic rings. The van der Waals surface area contributed by atoms with E-state index in [1.807, 2.05) is 22.9 Å². The molecule has 120 valence electrons. The molecule has 3 heteroatoms. The summed E-state index contributed by atoms with van der Waals surface area (Å²) in [5.74, 6) is 0. The molecule has 3 rings (SSSR count). The van der Waals surface area contributed by atoms with Crippen molar-refractivity contribution >= 4 is 11.0 Å². The number of aromatic nitrogens is 3. The normalized spacial score (nSPS) is 12.8. The first kappa shape index (κ1) is 15.7. The highest BCUT2D eigenvalue weighted by Crippen LogP contribution is 2.38. The van der Waals surface area contributed by atoms with Gasteiger partial charge in [-0.2, -0.15) is 0 Å². The number of fused-ring (bicyclic) bond motifs is 1. The molecule has 23 heavy (non-hydrogen) atoms. The van der Waals surface area contributed by atoms with Gasteiger partial charge in [-0.1, -0.05) is 71.0 Å². The van der Waals surface area contributed by atoms with E-state index in [4.69, 9.17) is 0 Å². The van der Waals surface area contributed by atoms with Crippen LogP contribution in [0.1, 0.15) is 52.7 Å². The first-order valence-corrected chi connectivity index (χ1v) is 8.14. The Balaban J connectivity index is 2.36. The number of hydrogen-bond acceptors (Lipinski definition) is 2. The lowest BCUT2D eigenvalue weighted by Crippen LogP contribution is -2.24. The predicted molar refractivity (Wildman–Crippen MR) is 96.3 cm³/mol. The Hall–Kier alpha value is -2.16. The van der Waals surface area contributed by atoms with Crippen LogP contribution in [0.4, 0.5) is 0 Å². The van der Waals surface area contributed by atoms with Crippen molar-refractivity contribution in [2.24, 2.45) is 0 Å². The Labute approximate surface area is 138 Å². The zero-order chi connectivity index (χ0) is 16.8. The summed E-state index contributed by atoms with van der Waals surface area (Å²) in [6.07, 6.45) is 0. The number of benzene rings is 2. The van der Waals surface area contributed by atoms with Gasteiger partial charge in [0.05, 0.1) is 11.2 Å². The first-order chi connectivity index (χ1) is 10.7. The van der Waals surface area contributed by atoms with Gasteiger partial charge < -0.3 is 0 Å². The number of hydrogen-bond donors (Lipinski definition) is 0. The molecule has 1 aromatic heterocycles. The number of rotatable bonds is 1. The second-order valence-electron chi connectivity index (χ2n) is 8.19. The van der Waals surface area contributed by atoms with Crippen LogP contribution in [0.5, 0.6) is 0 Å². The van der Waals surface area contributed by atoms with Crippen LogP contribution in [0, 0.1) is 0 Å². The van der Waals surface area contributed by atoms with Crippen molar-refractivity contribution in [3.05, 3.63) is 53.6 Å². The third kappa shape index (κ3) is 2.76. The SMILES string of the molecule is CC(C)(C)c1cccc(-n2nnc3ccccc32)c1C(C)(C)C. The Morgan fingerprint density at radius 3 is 2.13 bits per heavy atom. The number of nitrogens with zero attached hydrogens (tertiary/aromatic N) is 3. The zero-order valence-corrected chi connectivity index (χ0v) is 14.9. The summed E-state index contributed by atoms with van der Waals surface area (Å²) in [5.41, 5.74) is 5.89. The predicted octanol–water partition coefficient (Wildman–Crippen LogP) is 5.02. The van der Waals surface area contributed by atoms with E-state index in [0.29, 0.717) is 0 Å². The molecule has 0 amide bonds. The van der Waals surface area contributed by atoms with Gasteiger partial charge >= 0.3 is 0 Å². The molecular formula is C20H25N3. The molecule has 0 N–H and O–H groups in total. The maximum atomic E-state index is 4.43. The Morgan fingerprint density at radius 1 is 0.783 bits per heavy atom. The van der Waals surface area contributed by atoms with Crippen LogP contribution in [0.15, 0.2) is 42.5 Å². The van der Waals surface area contributed by atoms with Gasteiger partial charge in [0, 0.05) is 0 Å². The molecule has 0 saturated carbocycles. The van der Waals surface area contributed by atoms with Gasteiger partial charge in [-0.05, 0) is 40.2 Å². The van der Waals surface area contributed by atoms with Gasteiger partial charge in [0.1, 0.15) is 5.52 Å². The second-order valence-corrected chi connectivity index (χ2v) is 8.19. The Bertz CT molecular complexity index is 845. The molecule has 1 heterocycles. The summed E-state index contributed by atoms with van der Waals surface area (Å²) in [6, 6.07) is 14.6. The van der Waals surface area contributed by atoms with Crippen molar-refractivity contribution in [1.29, 1.82) is 0 Å². The molecule has 0 atom stereocenters. The molecular weight excluding hydrogens is 282 g/mol. The van der Waals surface area contributed by atoms with E-state index in [9.17, 15) is 0 Å². The third-order valence-electron chi connectivity index (χ3n) is 4.18. The molecule has 0 saturated heterocycles. The second kappa shape index (κ2) is 5.19. The standard InChI is InChI=1S/C20H25N3/c1-19(2,3)14-10-9-13-17(18(14)20(4,5)6)23-16-12-8-7-11-15(16)21-22-23/h7-13H,1-6H3. The van der Waals surface area contributed by atoms with E-state index in [0.717, 1.165) is 16.7 Å². The molecule has 0 unspecified atom stereocenters. The van der Waals surface area contributed by atoms with Crippen LogP contribution < -0.4 is 0 Å². The molecule has 0 aliphatic heterocycles. The van der Waals surface area contributed by atoms with Crippen LogP contribution >= 0.6 is 0 Å². The van der Waals surface area contributed by atoms with Crippen LogP contribution in [0.25, 0.3) is 16.7 Å². The Kier molecular flexibility index (Phi) is 3.55. The van der Waals surface area contributed by atoms with E-state index in [-0.39, 0.29) is 10.8 Å². The topological polar surface area (TPSA) is 30.7 Å². The lowest BCUT2D eigenvalue weighted by atomic mass is 9.74. The first-order valence-electron chi connectivity index (χ1n) is 8.14. The van der Waals surface area contributed by atoms with Crippen molar-refractivity contribution in [3.63, 3.8) is 0 Å². The highest BCUT2D eigenvalue weighted by molar-refractivity contribution is 5.76. The minimum absolute atomic E-state index is 0.0201. The van der Waals surface area contributed by atoms with Gasteiger partial charge in [-0.3, -0.25) is 0 Å². The molecule has 3 nitrogen and oxygen atoms in total. The lowest BCUT2D eigenvalue weighted by Gasteiger charge is -2.32. The van der Waals surface area contributed by atoms with Crippen LogP contribution in [-0.4, -0.2) is 15.0 Å². The van der Waals surface area contributed by atoms with Gasteiger partial charge in [-0.15, -0.1) is 5.10 Å². The minimum atomic E-state index is 0.0201. The summed E-state index contributed by atoms with van der Waals surface area (Å²) in [4.78, 5) is 0. The maximum Gasteiger partial charge on any atom is 0.113 e. The lowest BCUT2D eigenvalue weighted by molar-refractivity contribution is 0.526. The average Bonchev–Trinajstić information content (AvgIpc) is 2.88. The molecule has 0 aliphatic carbocycles. The molecule has 0 radical (unpaired) electrons. The Morgan fingerprint density at radius 2 is 1.48 bits per heavy atom. The van der Waals surface area contributed by atoms with Crippen molar-refractivity contribution in [1.82, 2.24) is 15.0 Å². The van der Waals surface area contributed by atoms with Crippen molar-refractivity contribution in [2.75, 3.05) is 0 Å². The van der Waals surface area contributed by atoms with E-state index in [2.05, 4.69) is 76.1 Å². The summed E-state index contributed by atoms with van der Waals surface area (Å²) < 4.78 is 1.98. The molecule has 0 bridgehead atoms. The fraction of sp³-hybridized carbons (Fsp3) is 0.400. The highest BCUT2D eigenvalue weighted by atomic mass is 15.4. The summed E-state index contributed by atoms with van der Waals surface area (Å²) in [7, 11) is 0. The highest BCUT2D eigenvalue weighted by Gasteiger charge is 2.28. The van der Waals surface area contributed by atoms with Crippen LogP contribution in [0.2, 0.25) is 0 Å². The fourth-order valence-electron chi connectivity index (χ4n) is 3.18. The quantitative estimate of drug-likeness (QED) is 0.632. The van der Waals surface area contributed by atoms with E-state index in [1.165, 1.54) is 11.1 Å². The monoisotopic (exact) mass is 307 g/mol. The number of para-hydroxylation sites is 1. The summed E-state index contributed by atoms with van der Waals surface area (Å²) >= 11 is 0. The van der Waals surface area contributed by atoms with Gasteiger partial charge in [0.2, 0.25) is 0 Å². The smallest absolute Gasteiger partial charge is 0.113 e. The van der Waals surface area contributed by atoms with E-state index in [1.54, 1.807) is 0 Å². The molecule has 0 fully saturated rings. The van der Waals surface area contributed by atoms with Gasteiger partial charge in [0.15, 0.2) is 0 Å². The molecule has 0 spiro atoms. The zero-order valence-electron chi connectivity index (χ0n) is 14.9. The minimum Gasteiger partial charge on any atom is -0.213 e.